The van der Waals surface area contributed by atoms with Gasteiger partial charge in [-0.1, -0.05) is 177 Å². The SMILES string of the molecule is [2H]C(C)(C)c1cccc(C(C)C)c1-c1ccc(-n2c3[n+]4c5c(cccc52)-c2cc(-c5ccccc5)cc5c2C4(Oc2c-3cc(C(C)C)cc2C(C)C)[n+]2ccc(-c3ccc(-c4ccccc4)cc3)cc2-5)c(C)c1. The van der Waals surface area contributed by atoms with E-state index in [1.165, 1.54) is 61.2 Å². The molecule has 10 aromatic rings. The maximum atomic E-state index is 9.30. The summed E-state index contributed by atoms with van der Waals surface area (Å²) < 4.78 is 25.0. The Morgan fingerprint density at radius 2 is 1.12 bits per heavy atom. The molecule has 4 heteroatoms. The molecule has 352 valence electrons. The topological polar surface area (TPSA) is 21.9 Å². The molecule has 72 heavy (non-hydrogen) atoms. The van der Waals surface area contributed by atoms with E-state index < -0.39 is 11.7 Å². The van der Waals surface area contributed by atoms with Crippen LogP contribution in [0.4, 0.5) is 0 Å². The predicted octanol–water partition coefficient (Wildman–Crippen LogP) is 16.9. The standard InChI is InChI=1S/C68H61N3O/c1-40(2)51-35-56(43(7)8)66-59(36-51)67-70(60-31-30-50(34-44(60)9)63-53(41(3)4)22-16-23-54(63)42(5)6)61-25-17-24-55-57-37-52(46-20-14-11-15-21-46)38-58-62-39-49(48-28-26-47(27-29-48)45-18-12-10-13-19-45)32-33-69(62)68(72-66,64(57)58)71(67)65(55)61/h10-43H,1-9H3/q+2/i41D. The largest absolute Gasteiger partial charge is 0.499 e. The minimum Gasteiger partial charge on any atom is -0.392 e. The van der Waals surface area contributed by atoms with Gasteiger partial charge in [-0.25, -0.2) is 0 Å². The third-order valence-corrected chi connectivity index (χ3v) is 15.8. The van der Waals surface area contributed by atoms with Crippen LogP contribution in [-0.4, -0.2) is 4.57 Å². The molecule has 8 aromatic carbocycles. The molecule has 0 saturated carbocycles. The van der Waals surface area contributed by atoms with E-state index >= 15 is 0 Å². The van der Waals surface area contributed by atoms with Gasteiger partial charge in [-0.3, -0.25) is 0 Å². The van der Waals surface area contributed by atoms with Crippen LogP contribution < -0.4 is 13.9 Å². The van der Waals surface area contributed by atoms with Crippen LogP contribution in [0.3, 0.4) is 0 Å². The van der Waals surface area contributed by atoms with Crippen LogP contribution in [0.5, 0.6) is 5.75 Å². The summed E-state index contributed by atoms with van der Waals surface area (Å²) in [6, 6.07) is 65.2. The number of fused-ring (bicyclic) bond motifs is 5. The van der Waals surface area contributed by atoms with Gasteiger partial charge >= 0.3 is 11.7 Å². The van der Waals surface area contributed by atoms with Crippen molar-refractivity contribution in [1.29, 1.82) is 0 Å². The van der Waals surface area contributed by atoms with E-state index in [0.29, 0.717) is 11.8 Å². The summed E-state index contributed by atoms with van der Waals surface area (Å²) in [7, 11) is 0. The molecule has 1 atom stereocenters. The van der Waals surface area contributed by atoms with Crippen molar-refractivity contribution >= 4 is 11.0 Å². The van der Waals surface area contributed by atoms with Gasteiger partial charge < -0.3 is 4.74 Å². The molecule has 13 rings (SSSR count). The fraction of sp³-hybridized carbons (Fsp3) is 0.206. The first kappa shape index (κ1) is 43.0. The lowest BCUT2D eigenvalue weighted by Crippen LogP contribution is -2.78. The van der Waals surface area contributed by atoms with E-state index in [1.54, 1.807) is 0 Å². The summed E-state index contributed by atoms with van der Waals surface area (Å²) in [5, 5.41) is 0. The van der Waals surface area contributed by atoms with Crippen molar-refractivity contribution in [2.24, 2.45) is 0 Å². The maximum Gasteiger partial charge on any atom is 0.499 e. The molecule has 3 aliphatic heterocycles. The Bertz CT molecular complexity index is 3890. The van der Waals surface area contributed by atoms with Crippen LogP contribution in [-0.2, 0) is 5.85 Å². The average molecular weight is 937 g/mol. The second kappa shape index (κ2) is 16.4. The fourth-order valence-corrected chi connectivity index (χ4v) is 12.3. The van der Waals surface area contributed by atoms with Gasteiger partial charge in [0.1, 0.15) is 16.8 Å². The Labute approximate surface area is 425 Å². The van der Waals surface area contributed by atoms with Gasteiger partial charge in [0.05, 0.1) is 5.56 Å². The smallest absolute Gasteiger partial charge is 0.392 e. The third-order valence-electron chi connectivity index (χ3n) is 15.8. The van der Waals surface area contributed by atoms with Gasteiger partial charge in [-0.2, -0.15) is 4.57 Å². The Morgan fingerprint density at radius 3 is 1.79 bits per heavy atom. The highest BCUT2D eigenvalue weighted by Gasteiger charge is 2.69. The second-order valence-corrected chi connectivity index (χ2v) is 21.5. The first-order valence-corrected chi connectivity index (χ1v) is 25.9. The summed E-state index contributed by atoms with van der Waals surface area (Å²) in [6.45, 7) is 20.0. The second-order valence-electron chi connectivity index (χ2n) is 21.5. The molecule has 3 aliphatic rings. The number of aromatic nitrogens is 3. The van der Waals surface area contributed by atoms with Crippen LogP contribution >= 0.6 is 0 Å². The number of imidazole rings is 1. The van der Waals surface area contributed by atoms with Crippen molar-refractivity contribution in [1.82, 2.24) is 4.57 Å². The molecule has 0 bridgehead atoms. The lowest BCUT2D eigenvalue weighted by Gasteiger charge is -2.34. The highest BCUT2D eigenvalue weighted by molar-refractivity contribution is 5.99. The summed E-state index contributed by atoms with van der Waals surface area (Å²) in [6.07, 6.45) is 2.29. The van der Waals surface area contributed by atoms with Crippen molar-refractivity contribution in [2.45, 2.75) is 91.8 Å². The summed E-state index contributed by atoms with van der Waals surface area (Å²) in [4.78, 5) is 0. The highest BCUT2D eigenvalue weighted by Crippen LogP contribution is 2.56. The monoisotopic (exact) mass is 936 g/mol. The van der Waals surface area contributed by atoms with Crippen LogP contribution in [0.2, 0.25) is 0 Å². The molecule has 5 heterocycles. The van der Waals surface area contributed by atoms with Crippen LogP contribution in [0.15, 0.2) is 182 Å². The van der Waals surface area contributed by atoms with Crippen molar-refractivity contribution in [2.75, 3.05) is 0 Å². The number of hydrogen-bond donors (Lipinski definition) is 0. The Balaban J connectivity index is 1.13. The van der Waals surface area contributed by atoms with E-state index in [-0.39, 0.29) is 5.92 Å². The predicted molar refractivity (Wildman–Crippen MR) is 296 cm³/mol. The van der Waals surface area contributed by atoms with E-state index in [0.717, 1.165) is 72.9 Å². The molecule has 2 aromatic heterocycles. The Hall–Kier alpha value is -7.82. The van der Waals surface area contributed by atoms with Gasteiger partial charge in [0.15, 0.2) is 23.0 Å². The van der Waals surface area contributed by atoms with Gasteiger partial charge in [-0.05, 0) is 145 Å². The third kappa shape index (κ3) is 6.37. The molecule has 4 nitrogen and oxygen atoms in total. The van der Waals surface area contributed by atoms with E-state index in [4.69, 9.17) is 4.74 Å². The highest BCUT2D eigenvalue weighted by atomic mass is 16.5. The summed E-state index contributed by atoms with van der Waals surface area (Å²) >= 11 is 0. The number of ether oxygens (including phenoxy) is 1. The summed E-state index contributed by atoms with van der Waals surface area (Å²) in [5.74, 6) is 0.940. The number of benzene rings is 8. The minimum absolute atomic E-state index is 0.191. The number of hydrogen-bond acceptors (Lipinski definition) is 1. The molecule has 0 radical (unpaired) electrons. The van der Waals surface area contributed by atoms with Gasteiger partial charge in [0.25, 0.3) is 0 Å². The summed E-state index contributed by atoms with van der Waals surface area (Å²) in [5.41, 5.74) is 25.6. The van der Waals surface area contributed by atoms with Crippen molar-refractivity contribution < 1.29 is 15.2 Å². The van der Waals surface area contributed by atoms with E-state index in [9.17, 15) is 1.37 Å². The van der Waals surface area contributed by atoms with Crippen LogP contribution in [0, 0.1) is 6.92 Å². The van der Waals surface area contributed by atoms with Crippen molar-refractivity contribution in [3.8, 4) is 89.7 Å². The fourth-order valence-electron chi connectivity index (χ4n) is 12.3. The van der Waals surface area contributed by atoms with Gasteiger partial charge in [0, 0.05) is 24.6 Å². The molecular formula is C68H61N3O+2. The normalized spacial score (nSPS) is 15.2. The first-order chi connectivity index (χ1) is 35.2. The van der Waals surface area contributed by atoms with Crippen LogP contribution in [0.25, 0.3) is 95.0 Å². The zero-order chi connectivity index (χ0) is 50.2. The number of para-hydroxylation sites is 1. The molecule has 1 spiro atoms. The molecule has 0 aliphatic carbocycles. The Morgan fingerprint density at radius 1 is 0.500 bits per heavy atom. The number of pyridine rings is 1. The van der Waals surface area contributed by atoms with Crippen molar-refractivity contribution in [3.63, 3.8) is 0 Å². The average Bonchev–Trinajstić information content (AvgIpc) is 3.90. The number of nitrogens with zero attached hydrogens (tertiary/aromatic N) is 3. The quantitative estimate of drug-likeness (QED) is 0.132. The zero-order valence-electron chi connectivity index (χ0n) is 43.8. The number of rotatable bonds is 9. The maximum absolute atomic E-state index is 9.30. The first-order valence-electron chi connectivity index (χ1n) is 26.4. The van der Waals surface area contributed by atoms with Crippen molar-refractivity contribution in [3.05, 3.63) is 216 Å². The molecule has 0 N–H and O–H groups in total. The molecule has 1 unspecified atom stereocenters. The minimum atomic E-state index is -1.10. The van der Waals surface area contributed by atoms with Crippen LogP contribution in [0.1, 0.15) is 114 Å². The molecular weight excluding hydrogens is 875 g/mol. The lowest BCUT2D eigenvalue weighted by molar-refractivity contribution is -0.997. The van der Waals surface area contributed by atoms with Gasteiger partial charge in [0.2, 0.25) is 5.69 Å². The Kier molecular flexibility index (Phi) is 9.77. The molecule has 0 saturated heterocycles. The number of aryl methyl sites for hydroxylation is 1. The van der Waals surface area contributed by atoms with E-state index in [2.05, 4.69) is 244 Å². The van der Waals surface area contributed by atoms with Gasteiger partial charge in [-0.15, -0.1) is 9.13 Å². The lowest BCUT2D eigenvalue weighted by atomic mass is 9.84. The molecule has 0 amide bonds. The molecule has 0 fully saturated rings. The zero-order valence-corrected chi connectivity index (χ0v) is 42.8. The van der Waals surface area contributed by atoms with E-state index in [1.807, 2.05) is 13.8 Å².